The largest absolute Gasteiger partial charge is 0.491 e. The number of hydrogen-bond donors (Lipinski definition) is 0. The quantitative estimate of drug-likeness (QED) is 0.190. The molecule has 2 aliphatic heterocycles. The van der Waals surface area contributed by atoms with Crippen LogP contribution in [0.25, 0.3) is 11.2 Å². The van der Waals surface area contributed by atoms with Crippen LogP contribution in [0.3, 0.4) is 0 Å². The summed E-state index contributed by atoms with van der Waals surface area (Å²) in [6, 6.07) is 4.36. The van der Waals surface area contributed by atoms with Crippen molar-refractivity contribution >= 4 is 40.5 Å². The van der Waals surface area contributed by atoms with E-state index in [0.717, 1.165) is 25.8 Å². The Morgan fingerprint density at radius 1 is 1.21 bits per heavy atom. The van der Waals surface area contributed by atoms with Crippen LogP contribution in [0.1, 0.15) is 63.3 Å². The zero-order chi connectivity index (χ0) is 31.1. The van der Waals surface area contributed by atoms with Gasteiger partial charge in [0.05, 0.1) is 17.9 Å². The van der Waals surface area contributed by atoms with E-state index in [4.69, 9.17) is 16.6 Å². The van der Waals surface area contributed by atoms with Crippen LogP contribution in [0, 0.1) is 18.7 Å². The van der Waals surface area contributed by atoms with E-state index in [1.165, 1.54) is 6.07 Å². The molecule has 2 fully saturated rings. The van der Waals surface area contributed by atoms with E-state index < -0.39 is 30.0 Å². The van der Waals surface area contributed by atoms with Crippen molar-refractivity contribution in [1.82, 2.24) is 24.6 Å². The fraction of sp³-hybridized carbons (Fsp3) is 0.552. The molecule has 232 valence electrons. The van der Waals surface area contributed by atoms with Crippen molar-refractivity contribution in [3.63, 3.8) is 0 Å². The monoisotopic (exact) mass is 624 g/mol. The maximum absolute atomic E-state index is 14.7. The van der Waals surface area contributed by atoms with Crippen molar-refractivity contribution in [3.05, 3.63) is 46.5 Å². The molecule has 0 bridgehead atoms. The molecule has 0 spiro atoms. The van der Waals surface area contributed by atoms with E-state index >= 15 is 0 Å². The van der Waals surface area contributed by atoms with Crippen LogP contribution in [0.4, 0.5) is 23.4 Å². The smallest absolute Gasteiger partial charge is 0.386 e. The van der Waals surface area contributed by atoms with Gasteiger partial charge in [-0.25, -0.2) is 23.8 Å². The summed E-state index contributed by atoms with van der Waals surface area (Å²) >= 11 is 5.95. The Bertz CT molecular complexity index is 1520. The maximum atomic E-state index is 14.7. The number of halogens is 5. The molecule has 2 aromatic heterocycles. The summed E-state index contributed by atoms with van der Waals surface area (Å²) in [6.45, 7) is 8.07. The van der Waals surface area contributed by atoms with Crippen LogP contribution >= 0.6 is 11.6 Å². The van der Waals surface area contributed by atoms with Gasteiger partial charge in [-0.2, -0.15) is 18.3 Å². The Morgan fingerprint density at radius 2 is 1.98 bits per heavy atom. The lowest BCUT2D eigenvalue weighted by Gasteiger charge is -2.43. The highest BCUT2D eigenvalue weighted by Gasteiger charge is 2.43. The van der Waals surface area contributed by atoms with Gasteiger partial charge in [-0.05, 0) is 64.1 Å². The van der Waals surface area contributed by atoms with Gasteiger partial charge in [0.2, 0.25) is 0 Å². The Balaban J connectivity index is 1.26. The highest BCUT2D eigenvalue weighted by atomic mass is 35.5. The number of aryl methyl sites for hydroxylation is 1. The van der Waals surface area contributed by atoms with Crippen LogP contribution < -0.4 is 4.90 Å². The Kier molecular flexibility index (Phi) is 8.94. The summed E-state index contributed by atoms with van der Waals surface area (Å²) in [6.07, 6.45) is -0.824. The summed E-state index contributed by atoms with van der Waals surface area (Å²) in [4.78, 5) is 36.9. The average molecular weight is 625 g/mol. The molecule has 4 heterocycles. The summed E-state index contributed by atoms with van der Waals surface area (Å²) in [7, 11) is 0. The highest BCUT2D eigenvalue weighted by Crippen LogP contribution is 2.33. The van der Waals surface area contributed by atoms with Gasteiger partial charge in [-0.15, -0.1) is 0 Å². The fourth-order valence-electron chi connectivity index (χ4n) is 6.37. The molecule has 0 amide bonds. The van der Waals surface area contributed by atoms with Gasteiger partial charge in [0.25, 0.3) is 0 Å². The number of carbonyl (C=O) groups excluding carboxylic acids is 2. The Hall–Kier alpha value is -3.32. The van der Waals surface area contributed by atoms with Crippen LogP contribution in [0.2, 0.25) is 5.02 Å². The van der Waals surface area contributed by atoms with E-state index in [1.54, 1.807) is 23.0 Å². The van der Waals surface area contributed by atoms with Gasteiger partial charge >= 0.3 is 18.1 Å². The second kappa shape index (κ2) is 12.4. The van der Waals surface area contributed by atoms with Gasteiger partial charge < -0.3 is 9.64 Å². The molecule has 4 atom stereocenters. The Morgan fingerprint density at radius 3 is 2.67 bits per heavy atom. The number of nitrogens with zero attached hydrogens (tertiary/aromatic N) is 6. The van der Waals surface area contributed by atoms with Crippen molar-refractivity contribution in [1.29, 1.82) is 0 Å². The molecule has 0 radical (unpaired) electrons. The topological polar surface area (TPSA) is 93.5 Å². The second-order valence-corrected chi connectivity index (χ2v) is 11.8. The first-order valence-electron chi connectivity index (χ1n) is 14.3. The fourth-order valence-corrected chi connectivity index (χ4v) is 6.53. The lowest BCUT2D eigenvalue weighted by Crippen LogP contribution is -2.52. The molecule has 5 rings (SSSR count). The van der Waals surface area contributed by atoms with Gasteiger partial charge in [0.1, 0.15) is 17.2 Å². The van der Waals surface area contributed by atoms with Crippen LogP contribution in [-0.4, -0.2) is 74.5 Å². The number of esters is 2. The number of rotatable bonds is 7. The number of anilines is 1. The number of ether oxygens (including phenoxy) is 1. The number of carbonyl (C=O) groups is 2. The van der Waals surface area contributed by atoms with Gasteiger partial charge in [0.15, 0.2) is 5.65 Å². The standard InChI is InChI=1S/C29H33ClF4N6O3/c1-16-15-38(12-10-23(16)39-11-4-5-20(39)7-9-25(41)43-28(42)29(32,33)34)24-14-35-26-17(2)37-40(27(26)36-24)18(3)21-8-6-19(30)13-22(21)31/h6,8,13-14,16,18,20,23H,4-5,7,9-12,15H2,1-3H3/t16-,18-,20+,23+/m1/s1. The number of piperidine rings is 1. The molecule has 2 saturated heterocycles. The summed E-state index contributed by atoms with van der Waals surface area (Å²) in [5.41, 5.74) is 2.33. The molecule has 2 aliphatic rings. The number of likely N-dealkylation sites (tertiary alicyclic amines) is 1. The van der Waals surface area contributed by atoms with Crippen molar-refractivity contribution in [2.45, 2.75) is 77.2 Å². The van der Waals surface area contributed by atoms with E-state index in [9.17, 15) is 27.2 Å². The van der Waals surface area contributed by atoms with E-state index in [-0.39, 0.29) is 24.4 Å². The third-order valence-electron chi connectivity index (χ3n) is 8.49. The van der Waals surface area contributed by atoms with Gasteiger partial charge in [-0.3, -0.25) is 9.69 Å². The first kappa shape index (κ1) is 31.1. The molecule has 3 aromatic rings. The molecule has 1 aromatic carbocycles. The number of hydrogen-bond acceptors (Lipinski definition) is 8. The molecule has 0 saturated carbocycles. The highest BCUT2D eigenvalue weighted by molar-refractivity contribution is 6.30. The minimum Gasteiger partial charge on any atom is -0.386 e. The van der Waals surface area contributed by atoms with Gasteiger partial charge in [-0.1, -0.05) is 24.6 Å². The van der Waals surface area contributed by atoms with Crippen LogP contribution in [0.15, 0.2) is 24.4 Å². The summed E-state index contributed by atoms with van der Waals surface area (Å²) in [5.74, 6) is -3.15. The zero-order valence-corrected chi connectivity index (χ0v) is 24.8. The molecule has 43 heavy (non-hydrogen) atoms. The van der Waals surface area contributed by atoms with Crippen molar-refractivity contribution in [3.8, 4) is 0 Å². The number of benzene rings is 1. The van der Waals surface area contributed by atoms with Crippen molar-refractivity contribution in [2.75, 3.05) is 24.5 Å². The average Bonchev–Trinajstić information content (AvgIpc) is 3.55. The maximum Gasteiger partial charge on any atom is 0.491 e. The molecular weight excluding hydrogens is 592 g/mol. The third kappa shape index (κ3) is 6.62. The molecule has 14 heteroatoms. The zero-order valence-electron chi connectivity index (χ0n) is 24.1. The van der Waals surface area contributed by atoms with Gasteiger partial charge in [0, 0.05) is 42.2 Å². The normalized spacial score (nSPS) is 22.2. The van der Waals surface area contributed by atoms with Crippen molar-refractivity contribution in [2.24, 2.45) is 5.92 Å². The number of aromatic nitrogens is 4. The molecular formula is C29H33ClF4N6O3. The second-order valence-electron chi connectivity index (χ2n) is 11.4. The SMILES string of the molecule is Cc1nn([C@H](C)c2ccc(Cl)cc2F)c2nc(N3CC[C@H](N4CCC[C@H]4CCC(=O)OC(=O)C(F)(F)F)[C@H](C)C3)cnc12. The summed E-state index contributed by atoms with van der Waals surface area (Å²) in [5, 5.41) is 4.94. The third-order valence-corrected chi connectivity index (χ3v) is 8.73. The van der Waals surface area contributed by atoms with Crippen LogP contribution in [0.5, 0.6) is 0 Å². The molecule has 0 aliphatic carbocycles. The predicted molar refractivity (Wildman–Crippen MR) is 151 cm³/mol. The van der Waals surface area contributed by atoms with Crippen LogP contribution in [-0.2, 0) is 14.3 Å². The summed E-state index contributed by atoms with van der Waals surface area (Å²) < 4.78 is 57.6. The number of fused-ring (bicyclic) bond motifs is 1. The minimum atomic E-state index is -5.20. The van der Waals surface area contributed by atoms with E-state index in [0.29, 0.717) is 52.8 Å². The predicted octanol–water partition coefficient (Wildman–Crippen LogP) is 5.63. The van der Waals surface area contributed by atoms with E-state index in [1.807, 2.05) is 13.8 Å². The molecule has 0 unspecified atom stereocenters. The van der Waals surface area contributed by atoms with E-state index in [2.05, 4.69) is 31.5 Å². The lowest BCUT2D eigenvalue weighted by atomic mass is 9.91. The molecule has 0 N–H and O–H groups in total. The Labute approximate surface area is 251 Å². The minimum absolute atomic E-state index is 0.0239. The van der Waals surface area contributed by atoms with Crippen molar-refractivity contribution < 1.29 is 31.9 Å². The lowest BCUT2D eigenvalue weighted by molar-refractivity contribution is -0.201. The first-order chi connectivity index (χ1) is 20.3. The molecule has 9 nitrogen and oxygen atoms in total. The first-order valence-corrected chi connectivity index (χ1v) is 14.7. The number of alkyl halides is 3.